The van der Waals surface area contributed by atoms with E-state index in [2.05, 4.69) is 16.1 Å². The summed E-state index contributed by atoms with van der Waals surface area (Å²) in [5, 5.41) is 16.9. The number of hydrogen-bond donors (Lipinski definition) is 1. The van der Waals surface area contributed by atoms with E-state index in [0.717, 1.165) is 11.1 Å². The van der Waals surface area contributed by atoms with Crippen LogP contribution in [0.25, 0.3) is 22.9 Å². The van der Waals surface area contributed by atoms with Crippen LogP contribution in [0, 0.1) is 12.3 Å². The number of carboxylic acids is 1. The van der Waals surface area contributed by atoms with Gasteiger partial charge in [0, 0.05) is 16.7 Å². The first kappa shape index (κ1) is 13.6. The second kappa shape index (κ2) is 5.54. The lowest BCUT2D eigenvalue weighted by molar-refractivity contribution is 0.0697. The molecule has 5 nitrogen and oxygen atoms in total. The highest BCUT2D eigenvalue weighted by Crippen LogP contribution is 2.24. The zero-order chi connectivity index (χ0) is 15.5. The largest absolute Gasteiger partial charge is 0.478 e. The van der Waals surface area contributed by atoms with E-state index in [4.69, 9.17) is 15.9 Å². The Labute approximate surface area is 126 Å². The molecular formula is C17H10N2O3. The molecule has 0 amide bonds. The van der Waals surface area contributed by atoms with Crippen LogP contribution in [-0.4, -0.2) is 21.3 Å². The fraction of sp³-hybridized carbons (Fsp3) is 0. The number of hydrogen-bond acceptors (Lipinski definition) is 4. The summed E-state index contributed by atoms with van der Waals surface area (Å²) in [6.07, 6.45) is 5.31. The number of nitrogens with zero attached hydrogens (tertiary/aromatic N) is 2. The van der Waals surface area contributed by atoms with Crippen LogP contribution in [0.4, 0.5) is 0 Å². The number of terminal acetylenes is 1. The molecule has 22 heavy (non-hydrogen) atoms. The van der Waals surface area contributed by atoms with Crippen molar-refractivity contribution in [3.63, 3.8) is 0 Å². The Balaban J connectivity index is 1.95. The van der Waals surface area contributed by atoms with Crippen molar-refractivity contribution in [2.24, 2.45) is 0 Å². The molecule has 5 heteroatoms. The van der Waals surface area contributed by atoms with Gasteiger partial charge in [-0.1, -0.05) is 12.0 Å². The first-order valence-corrected chi connectivity index (χ1v) is 6.41. The number of benzene rings is 2. The first-order chi connectivity index (χ1) is 10.7. The van der Waals surface area contributed by atoms with Gasteiger partial charge in [-0.2, -0.15) is 0 Å². The predicted molar refractivity (Wildman–Crippen MR) is 80.1 cm³/mol. The smallest absolute Gasteiger partial charge is 0.335 e. The third-order valence-corrected chi connectivity index (χ3v) is 3.08. The van der Waals surface area contributed by atoms with Gasteiger partial charge in [0.25, 0.3) is 0 Å². The molecule has 1 N–H and O–H groups in total. The molecule has 0 atom stereocenters. The molecule has 106 valence electrons. The lowest BCUT2D eigenvalue weighted by Crippen LogP contribution is -1.95. The Morgan fingerprint density at radius 1 is 1.05 bits per heavy atom. The highest BCUT2D eigenvalue weighted by atomic mass is 16.4. The third kappa shape index (κ3) is 2.58. The van der Waals surface area contributed by atoms with Crippen LogP contribution in [0.1, 0.15) is 15.9 Å². The summed E-state index contributed by atoms with van der Waals surface area (Å²) in [5.74, 6) is 2.13. The van der Waals surface area contributed by atoms with E-state index in [1.165, 1.54) is 12.1 Å². The van der Waals surface area contributed by atoms with E-state index >= 15 is 0 Å². The summed E-state index contributed by atoms with van der Waals surface area (Å²) >= 11 is 0. The Hall–Kier alpha value is -3.39. The molecule has 0 spiro atoms. The first-order valence-electron chi connectivity index (χ1n) is 6.41. The van der Waals surface area contributed by atoms with Crippen molar-refractivity contribution in [1.29, 1.82) is 0 Å². The van der Waals surface area contributed by atoms with Crippen molar-refractivity contribution in [3.05, 3.63) is 59.7 Å². The van der Waals surface area contributed by atoms with Gasteiger partial charge in [0.1, 0.15) is 0 Å². The summed E-state index contributed by atoms with van der Waals surface area (Å²) in [7, 11) is 0. The molecule has 0 saturated carbocycles. The molecule has 3 aromatic rings. The van der Waals surface area contributed by atoms with Gasteiger partial charge in [0.2, 0.25) is 11.8 Å². The standard InChI is InChI=1S/C17H10N2O3/c1-2-11-6-8-12(9-7-11)15-18-19-16(22-15)13-4-3-5-14(10-13)17(20)21/h1,3-10H,(H,20,21). The van der Waals surface area contributed by atoms with Gasteiger partial charge in [0.05, 0.1) is 5.56 Å². The molecule has 0 aliphatic rings. The van der Waals surface area contributed by atoms with E-state index in [1.54, 1.807) is 36.4 Å². The van der Waals surface area contributed by atoms with Gasteiger partial charge in [0.15, 0.2) is 0 Å². The molecule has 1 aromatic heterocycles. The van der Waals surface area contributed by atoms with Crippen LogP contribution in [0.2, 0.25) is 0 Å². The number of rotatable bonds is 3. The Morgan fingerprint density at radius 2 is 1.73 bits per heavy atom. The summed E-state index contributed by atoms with van der Waals surface area (Å²) in [6.45, 7) is 0. The number of carbonyl (C=O) groups is 1. The van der Waals surface area contributed by atoms with E-state index in [0.29, 0.717) is 11.5 Å². The molecule has 0 aliphatic heterocycles. The monoisotopic (exact) mass is 290 g/mol. The van der Waals surface area contributed by atoms with E-state index in [9.17, 15) is 4.79 Å². The molecule has 2 aromatic carbocycles. The summed E-state index contributed by atoms with van der Waals surface area (Å²) in [6, 6.07) is 13.5. The highest BCUT2D eigenvalue weighted by Gasteiger charge is 2.12. The quantitative estimate of drug-likeness (QED) is 0.750. The maximum atomic E-state index is 11.0. The SMILES string of the molecule is C#Cc1ccc(-c2nnc(-c3cccc(C(=O)O)c3)o2)cc1. The van der Waals surface area contributed by atoms with Crippen LogP contribution in [0.3, 0.4) is 0 Å². The lowest BCUT2D eigenvalue weighted by Gasteiger charge is -1.98. The fourth-order valence-corrected chi connectivity index (χ4v) is 1.95. The number of carboxylic acid groups (broad SMARTS) is 1. The molecule has 3 rings (SSSR count). The molecule has 0 fully saturated rings. The van der Waals surface area contributed by atoms with Crippen LogP contribution >= 0.6 is 0 Å². The normalized spacial score (nSPS) is 10.1. The molecule has 1 heterocycles. The molecular weight excluding hydrogens is 280 g/mol. The lowest BCUT2D eigenvalue weighted by atomic mass is 10.1. The summed E-state index contributed by atoms with van der Waals surface area (Å²) < 4.78 is 5.60. The summed E-state index contributed by atoms with van der Waals surface area (Å²) in [5.41, 5.74) is 2.22. The Kier molecular flexibility index (Phi) is 3.42. The predicted octanol–water partition coefficient (Wildman–Crippen LogP) is 3.08. The average molecular weight is 290 g/mol. The van der Waals surface area contributed by atoms with Crippen LogP contribution in [0.15, 0.2) is 52.9 Å². The summed E-state index contributed by atoms with van der Waals surface area (Å²) in [4.78, 5) is 11.0. The van der Waals surface area contributed by atoms with E-state index in [-0.39, 0.29) is 11.5 Å². The van der Waals surface area contributed by atoms with Gasteiger partial charge >= 0.3 is 5.97 Å². The van der Waals surface area contributed by atoms with E-state index < -0.39 is 5.97 Å². The van der Waals surface area contributed by atoms with Crippen molar-refractivity contribution >= 4 is 5.97 Å². The Bertz CT molecular complexity index is 873. The van der Waals surface area contributed by atoms with Crippen molar-refractivity contribution in [3.8, 4) is 35.3 Å². The zero-order valence-corrected chi connectivity index (χ0v) is 11.4. The molecule has 0 bridgehead atoms. The maximum Gasteiger partial charge on any atom is 0.335 e. The van der Waals surface area contributed by atoms with Crippen LogP contribution in [-0.2, 0) is 0 Å². The van der Waals surface area contributed by atoms with Gasteiger partial charge in [-0.05, 0) is 42.5 Å². The van der Waals surface area contributed by atoms with Crippen LogP contribution in [0.5, 0.6) is 0 Å². The minimum absolute atomic E-state index is 0.163. The zero-order valence-electron chi connectivity index (χ0n) is 11.4. The number of aromatic nitrogens is 2. The second-order valence-corrected chi connectivity index (χ2v) is 4.52. The molecule has 0 aliphatic carbocycles. The van der Waals surface area contributed by atoms with Crippen LogP contribution < -0.4 is 0 Å². The van der Waals surface area contributed by atoms with Gasteiger partial charge in [-0.15, -0.1) is 16.6 Å². The highest BCUT2D eigenvalue weighted by molar-refractivity contribution is 5.88. The fourth-order valence-electron chi connectivity index (χ4n) is 1.95. The second-order valence-electron chi connectivity index (χ2n) is 4.52. The van der Waals surface area contributed by atoms with Gasteiger partial charge in [-0.3, -0.25) is 0 Å². The van der Waals surface area contributed by atoms with Crippen molar-refractivity contribution < 1.29 is 14.3 Å². The van der Waals surface area contributed by atoms with Crippen molar-refractivity contribution in [2.45, 2.75) is 0 Å². The number of aromatic carboxylic acids is 1. The maximum absolute atomic E-state index is 11.0. The molecule has 0 saturated heterocycles. The van der Waals surface area contributed by atoms with Gasteiger partial charge < -0.3 is 9.52 Å². The van der Waals surface area contributed by atoms with Gasteiger partial charge in [-0.25, -0.2) is 4.79 Å². The molecule has 0 radical (unpaired) electrons. The minimum atomic E-state index is -1.01. The van der Waals surface area contributed by atoms with Crippen molar-refractivity contribution in [1.82, 2.24) is 10.2 Å². The van der Waals surface area contributed by atoms with E-state index in [1.807, 2.05) is 0 Å². The average Bonchev–Trinajstić information content (AvgIpc) is 3.05. The van der Waals surface area contributed by atoms with Crippen molar-refractivity contribution in [2.75, 3.05) is 0 Å². The third-order valence-electron chi connectivity index (χ3n) is 3.08. The minimum Gasteiger partial charge on any atom is -0.478 e. The molecule has 0 unspecified atom stereocenters. The topological polar surface area (TPSA) is 76.2 Å². The Morgan fingerprint density at radius 3 is 2.36 bits per heavy atom.